The molecule has 0 bridgehead atoms. The van der Waals surface area contributed by atoms with E-state index in [-0.39, 0.29) is 0 Å². The molecule has 1 atom stereocenters. The molecule has 2 heteroatoms. The monoisotopic (exact) mass is 267 g/mol. The Hall–Kier alpha value is -1.80. The highest BCUT2D eigenvalue weighted by Crippen LogP contribution is 2.32. The van der Waals surface area contributed by atoms with Crippen molar-refractivity contribution in [3.63, 3.8) is 0 Å². The number of aryl methyl sites for hydroxylation is 1. The van der Waals surface area contributed by atoms with Crippen LogP contribution in [0.2, 0.25) is 0 Å². The lowest BCUT2D eigenvalue weighted by Crippen LogP contribution is -2.17. The third-order valence-corrected chi connectivity index (χ3v) is 4.13. The second kappa shape index (κ2) is 6.10. The fraction of sp³-hybridized carbons (Fsp3) is 0.333. The highest BCUT2D eigenvalue weighted by Gasteiger charge is 2.20. The van der Waals surface area contributed by atoms with E-state index in [2.05, 4.69) is 24.3 Å². The van der Waals surface area contributed by atoms with Gasteiger partial charge in [-0.2, -0.15) is 0 Å². The summed E-state index contributed by atoms with van der Waals surface area (Å²) in [7, 11) is 0. The molecule has 0 fully saturated rings. The minimum absolute atomic E-state index is 0.505. The van der Waals surface area contributed by atoms with E-state index in [1.54, 1.807) is 0 Å². The first-order valence-electron chi connectivity index (χ1n) is 7.37. The van der Waals surface area contributed by atoms with Crippen LogP contribution in [0.1, 0.15) is 35.4 Å². The van der Waals surface area contributed by atoms with E-state index in [0.29, 0.717) is 12.5 Å². The van der Waals surface area contributed by atoms with Gasteiger partial charge < -0.3 is 10.5 Å². The van der Waals surface area contributed by atoms with Gasteiger partial charge in [-0.1, -0.05) is 42.5 Å². The Kier molecular flexibility index (Phi) is 4.03. The largest absolute Gasteiger partial charge is 0.493 e. The third-order valence-electron chi connectivity index (χ3n) is 4.13. The van der Waals surface area contributed by atoms with Gasteiger partial charge in [0.05, 0.1) is 6.61 Å². The zero-order chi connectivity index (χ0) is 13.8. The third kappa shape index (κ3) is 2.70. The summed E-state index contributed by atoms with van der Waals surface area (Å²) in [6.45, 7) is 1.27. The molecule has 0 saturated carbocycles. The van der Waals surface area contributed by atoms with E-state index >= 15 is 0 Å². The molecule has 0 amide bonds. The Morgan fingerprint density at radius 2 is 1.85 bits per heavy atom. The normalized spacial score (nSPS) is 17.6. The summed E-state index contributed by atoms with van der Waals surface area (Å²) >= 11 is 0. The van der Waals surface area contributed by atoms with Gasteiger partial charge in [0.2, 0.25) is 0 Å². The number of nitrogens with two attached hydrogens (primary N) is 1. The van der Waals surface area contributed by atoms with E-state index in [1.807, 2.05) is 24.3 Å². The van der Waals surface area contributed by atoms with E-state index in [4.69, 9.17) is 10.5 Å². The number of rotatable bonds is 4. The molecule has 1 unspecified atom stereocenters. The number of fused-ring (bicyclic) bond motifs is 1. The van der Waals surface area contributed by atoms with E-state index in [9.17, 15) is 0 Å². The molecule has 2 aromatic rings. The summed E-state index contributed by atoms with van der Waals surface area (Å²) in [6.07, 6.45) is 3.66. The topological polar surface area (TPSA) is 35.2 Å². The Morgan fingerprint density at radius 3 is 2.75 bits per heavy atom. The molecule has 2 N–H and O–H groups in total. The van der Waals surface area contributed by atoms with Crippen molar-refractivity contribution in [2.45, 2.75) is 31.7 Å². The van der Waals surface area contributed by atoms with Crippen molar-refractivity contribution in [1.82, 2.24) is 0 Å². The highest BCUT2D eigenvalue weighted by molar-refractivity contribution is 5.35. The van der Waals surface area contributed by atoms with Gasteiger partial charge in [0, 0.05) is 18.0 Å². The summed E-state index contributed by atoms with van der Waals surface area (Å²) in [6, 6.07) is 16.8. The van der Waals surface area contributed by atoms with Crippen LogP contribution in [0.5, 0.6) is 5.75 Å². The standard InChI is InChI=1S/C18H21NO/c19-12-15-7-2-4-11-18(15)20-13-16-9-5-8-14-6-1-3-10-17(14)16/h1-4,6-7,10-11,16H,5,8-9,12-13,19H2. The molecule has 1 aliphatic carbocycles. The lowest BCUT2D eigenvalue weighted by atomic mass is 9.83. The van der Waals surface area contributed by atoms with Crippen LogP contribution in [0.3, 0.4) is 0 Å². The minimum Gasteiger partial charge on any atom is -0.493 e. The zero-order valence-corrected chi connectivity index (χ0v) is 11.7. The van der Waals surface area contributed by atoms with Crippen molar-refractivity contribution in [2.24, 2.45) is 5.73 Å². The van der Waals surface area contributed by atoms with Crippen molar-refractivity contribution in [2.75, 3.05) is 6.61 Å². The summed E-state index contributed by atoms with van der Waals surface area (Å²) < 4.78 is 6.04. The van der Waals surface area contributed by atoms with Crippen molar-refractivity contribution < 1.29 is 4.74 Å². The fourth-order valence-electron chi connectivity index (χ4n) is 3.03. The van der Waals surface area contributed by atoms with Crippen LogP contribution >= 0.6 is 0 Å². The van der Waals surface area contributed by atoms with Gasteiger partial charge in [-0.15, -0.1) is 0 Å². The van der Waals surface area contributed by atoms with E-state index < -0.39 is 0 Å². The van der Waals surface area contributed by atoms with Gasteiger partial charge in [-0.25, -0.2) is 0 Å². The first-order valence-corrected chi connectivity index (χ1v) is 7.37. The SMILES string of the molecule is NCc1ccccc1OCC1CCCc2ccccc21. The van der Waals surface area contributed by atoms with Crippen molar-refractivity contribution >= 4 is 0 Å². The van der Waals surface area contributed by atoms with Gasteiger partial charge in [0.25, 0.3) is 0 Å². The molecule has 0 spiro atoms. The predicted molar refractivity (Wildman–Crippen MR) is 81.9 cm³/mol. The molecular formula is C18H21NO. The van der Waals surface area contributed by atoms with Crippen molar-refractivity contribution in [3.8, 4) is 5.75 Å². The molecule has 104 valence electrons. The number of hydrogen-bond donors (Lipinski definition) is 1. The van der Waals surface area contributed by atoms with Gasteiger partial charge >= 0.3 is 0 Å². The smallest absolute Gasteiger partial charge is 0.123 e. The maximum absolute atomic E-state index is 6.04. The Labute approximate surface area is 120 Å². The fourth-order valence-corrected chi connectivity index (χ4v) is 3.03. The number of ether oxygens (including phenoxy) is 1. The van der Waals surface area contributed by atoms with Crippen LogP contribution in [0, 0.1) is 0 Å². The molecule has 0 aromatic heterocycles. The van der Waals surface area contributed by atoms with Gasteiger partial charge in [-0.05, 0) is 36.5 Å². The summed E-state index contributed by atoms with van der Waals surface area (Å²) in [4.78, 5) is 0. The lowest BCUT2D eigenvalue weighted by molar-refractivity contribution is 0.272. The molecule has 0 saturated heterocycles. The number of para-hydroxylation sites is 1. The van der Waals surface area contributed by atoms with Gasteiger partial charge in [0.1, 0.15) is 5.75 Å². The predicted octanol–water partition coefficient (Wildman–Crippen LogP) is 3.64. The van der Waals surface area contributed by atoms with Crippen LogP contribution in [0.25, 0.3) is 0 Å². The van der Waals surface area contributed by atoms with Crippen LogP contribution in [-0.2, 0) is 13.0 Å². The van der Waals surface area contributed by atoms with Crippen LogP contribution < -0.4 is 10.5 Å². The van der Waals surface area contributed by atoms with Gasteiger partial charge in [0.15, 0.2) is 0 Å². The molecule has 0 aliphatic heterocycles. The Bertz CT molecular complexity index is 579. The Balaban J connectivity index is 1.73. The second-order valence-corrected chi connectivity index (χ2v) is 5.41. The van der Waals surface area contributed by atoms with E-state index in [0.717, 1.165) is 17.9 Å². The molecule has 1 aliphatic rings. The first kappa shape index (κ1) is 13.2. The second-order valence-electron chi connectivity index (χ2n) is 5.41. The van der Waals surface area contributed by atoms with Crippen LogP contribution in [0.4, 0.5) is 0 Å². The average molecular weight is 267 g/mol. The van der Waals surface area contributed by atoms with E-state index in [1.165, 1.54) is 30.4 Å². The molecule has 2 nitrogen and oxygen atoms in total. The van der Waals surface area contributed by atoms with Crippen molar-refractivity contribution in [1.29, 1.82) is 0 Å². The summed E-state index contributed by atoms with van der Waals surface area (Å²) in [5, 5.41) is 0. The molecular weight excluding hydrogens is 246 g/mol. The molecule has 20 heavy (non-hydrogen) atoms. The average Bonchev–Trinajstić information content (AvgIpc) is 2.53. The Morgan fingerprint density at radius 1 is 1.05 bits per heavy atom. The highest BCUT2D eigenvalue weighted by atomic mass is 16.5. The number of benzene rings is 2. The minimum atomic E-state index is 0.505. The first-order chi connectivity index (χ1) is 9.88. The maximum Gasteiger partial charge on any atom is 0.123 e. The lowest BCUT2D eigenvalue weighted by Gasteiger charge is -2.25. The molecule has 0 radical (unpaired) electrons. The van der Waals surface area contributed by atoms with Crippen molar-refractivity contribution in [3.05, 3.63) is 65.2 Å². The van der Waals surface area contributed by atoms with Crippen LogP contribution in [-0.4, -0.2) is 6.61 Å². The zero-order valence-electron chi connectivity index (χ0n) is 11.7. The van der Waals surface area contributed by atoms with Gasteiger partial charge in [-0.3, -0.25) is 0 Å². The quantitative estimate of drug-likeness (QED) is 0.917. The molecule has 0 heterocycles. The summed E-state index contributed by atoms with van der Waals surface area (Å²) in [5.41, 5.74) is 9.78. The maximum atomic E-state index is 6.04. The molecule has 2 aromatic carbocycles. The molecule has 3 rings (SSSR count). The summed E-state index contributed by atoms with van der Waals surface area (Å²) in [5.74, 6) is 1.43. The van der Waals surface area contributed by atoms with Crippen LogP contribution in [0.15, 0.2) is 48.5 Å². The number of hydrogen-bond acceptors (Lipinski definition) is 2.